The van der Waals surface area contributed by atoms with Gasteiger partial charge in [-0.05, 0) is 30.5 Å². The lowest BCUT2D eigenvalue weighted by atomic mass is 10.1. The standard InChI is InChI=1S/C21H22FN3/c22-18-12-6-11-17(13-18)19-20(23)25(14-15-7-2-1-3-8-15)21(24-19)16-9-4-5-10-16/h1-3,6-8,11-13,16H,4-5,9-10,14,23H2. The number of hydrogen-bond acceptors (Lipinski definition) is 2. The molecule has 2 aromatic carbocycles. The van der Waals surface area contributed by atoms with Crippen molar-refractivity contribution in [1.82, 2.24) is 9.55 Å². The summed E-state index contributed by atoms with van der Waals surface area (Å²) in [6.07, 6.45) is 4.76. The Kier molecular flexibility index (Phi) is 4.26. The molecule has 0 unspecified atom stereocenters. The number of nitrogens with zero attached hydrogens (tertiary/aromatic N) is 2. The van der Waals surface area contributed by atoms with Crippen molar-refractivity contribution in [3.8, 4) is 11.3 Å². The van der Waals surface area contributed by atoms with Crippen LogP contribution in [-0.2, 0) is 6.54 Å². The van der Waals surface area contributed by atoms with E-state index in [0.29, 0.717) is 24.0 Å². The first kappa shape index (κ1) is 15.9. The summed E-state index contributed by atoms with van der Waals surface area (Å²) in [5, 5.41) is 0. The van der Waals surface area contributed by atoms with E-state index in [1.165, 1.54) is 30.5 Å². The van der Waals surface area contributed by atoms with Gasteiger partial charge in [0.2, 0.25) is 0 Å². The zero-order valence-corrected chi connectivity index (χ0v) is 14.2. The quantitative estimate of drug-likeness (QED) is 0.731. The Morgan fingerprint density at radius 3 is 2.52 bits per heavy atom. The van der Waals surface area contributed by atoms with Gasteiger partial charge in [-0.15, -0.1) is 0 Å². The maximum absolute atomic E-state index is 13.7. The fourth-order valence-corrected chi connectivity index (χ4v) is 3.76. The van der Waals surface area contributed by atoms with E-state index in [1.54, 1.807) is 6.07 Å². The second-order valence-corrected chi connectivity index (χ2v) is 6.77. The Labute approximate surface area is 147 Å². The van der Waals surface area contributed by atoms with Gasteiger partial charge in [0.05, 0.1) is 6.54 Å². The zero-order chi connectivity index (χ0) is 17.2. The molecule has 1 aliphatic rings. The molecule has 0 bridgehead atoms. The number of halogens is 1. The van der Waals surface area contributed by atoms with Crippen molar-refractivity contribution < 1.29 is 4.39 Å². The van der Waals surface area contributed by atoms with Gasteiger partial charge in [0.25, 0.3) is 0 Å². The highest BCUT2D eigenvalue weighted by Gasteiger charge is 2.26. The summed E-state index contributed by atoms with van der Waals surface area (Å²) in [6, 6.07) is 16.8. The van der Waals surface area contributed by atoms with Crippen molar-refractivity contribution in [2.24, 2.45) is 0 Å². The number of aromatic nitrogens is 2. The highest BCUT2D eigenvalue weighted by molar-refractivity contribution is 5.71. The van der Waals surface area contributed by atoms with Crippen LogP contribution in [0.1, 0.15) is 43.0 Å². The van der Waals surface area contributed by atoms with Crippen molar-refractivity contribution in [3.05, 3.63) is 71.8 Å². The Morgan fingerprint density at radius 2 is 1.80 bits per heavy atom. The average Bonchev–Trinajstić information content (AvgIpc) is 3.25. The van der Waals surface area contributed by atoms with Gasteiger partial charge in [-0.2, -0.15) is 0 Å². The fraction of sp³-hybridized carbons (Fsp3) is 0.286. The maximum atomic E-state index is 13.7. The zero-order valence-electron chi connectivity index (χ0n) is 14.2. The average molecular weight is 335 g/mol. The van der Waals surface area contributed by atoms with Crippen molar-refractivity contribution >= 4 is 5.82 Å². The van der Waals surface area contributed by atoms with E-state index < -0.39 is 0 Å². The summed E-state index contributed by atoms with van der Waals surface area (Å²) in [6.45, 7) is 0.695. The second-order valence-electron chi connectivity index (χ2n) is 6.77. The molecule has 4 rings (SSSR count). The smallest absolute Gasteiger partial charge is 0.132 e. The Bertz CT molecular complexity index is 864. The number of anilines is 1. The lowest BCUT2D eigenvalue weighted by Crippen LogP contribution is -2.10. The molecule has 3 nitrogen and oxygen atoms in total. The first-order chi connectivity index (χ1) is 12.2. The highest BCUT2D eigenvalue weighted by Crippen LogP contribution is 2.38. The monoisotopic (exact) mass is 335 g/mol. The van der Waals surface area contributed by atoms with Crippen LogP contribution in [0.15, 0.2) is 54.6 Å². The molecular weight excluding hydrogens is 313 g/mol. The van der Waals surface area contributed by atoms with E-state index in [2.05, 4.69) is 16.7 Å². The summed E-state index contributed by atoms with van der Waals surface area (Å²) in [5.41, 5.74) is 9.10. The minimum absolute atomic E-state index is 0.267. The van der Waals surface area contributed by atoms with Crippen LogP contribution in [0.25, 0.3) is 11.3 Å². The minimum Gasteiger partial charge on any atom is -0.383 e. The van der Waals surface area contributed by atoms with Crippen molar-refractivity contribution in [3.63, 3.8) is 0 Å². The van der Waals surface area contributed by atoms with Crippen LogP contribution in [0.2, 0.25) is 0 Å². The summed E-state index contributed by atoms with van der Waals surface area (Å²) in [4.78, 5) is 4.87. The van der Waals surface area contributed by atoms with Gasteiger partial charge < -0.3 is 10.3 Å². The van der Waals surface area contributed by atoms with Gasteiger partial charge in [0.15, 0.2) is 0 Å². The van der Waals surface area contributed by atoms with E-state index in [1.807, 2.05) is 24.3 Å². The predicted octanol–water partition coefficient (Wildman–Crippen LogP) is 4.98. The van der Waals surface area contributed by atoms with Crippen LogP contribution in [0.3, 0.4) is 0 Å². The van der Waals surface area contributed by atoms with Gasteiger partial charge in [-0.1, -0.05) is 55.3 Å². The molecule has 1 fully saturated rings. The molecule has 0 atom stereocenters. The van der Waals surface area contributed by atoms with Crippen molar-refractivity contribution in [1.29, 1.82) is 0 Å². The second kappa shape index (κ2) is 6.71. The van der Waals surface area contributed by atoms with Crippen LogP contribution in [0.4, 0.5) is 10.2 Å². The molecule has 0 radical (unpaired) electrons. The third-order valence-corrected chi connectivity index (χ3v) is 5.04. The molecule has 0 amide bonds. The van der Waals surface area contributed by atoms with Crippen molar-refractivity contribution in [2.75, 3.05) is 5.73 Å². The van der Waals surface area contributed by atoms with Gasteiger partial charge in [-0.3, -0.25) is 0 Å². The molecule has 1 aliphatic carbocycles. The number of nitrogen functional groups attached to an aromatic ring is 1. The maximum Gasteiger partial charge on any atom is 0.132 e. The molecule has 0 saturated heterocycles. The molecule has 128 valence electrons. The topological polar surface area (TPSA) is 43.8 Å². The van der Waals surface area contributed by atoms with Gasteiger partial charge in [-0.25, -0.2) is 9.37 Å². The molecule has 25 heavy (non-hydrogen) atoms. The van der Waals surface area contributed by atoms with Crippen LogP contribution in [-0.4, -0.2) is 9.55 Å². The lowest BCUT2D eigenvalue weighted by molar-refractivity contribution is 0.614. The van der Waals surface area contributed by atoms with E-state index >= 15 is 0 Å². The molecule has 4 heteroatoms. The van der Waals surface area contributed by atoms with E-state index in [4.69, 9.17) is 10.7 Å². The van der Waals surface area contributed by atoms with E-state index in [0.717, 1.165) is 24.2 Å². The molecule has 1 saturated carbocycles. The molecule has 1 heterocycles. The number of hydrogen-bond donors (Lipinski definition) is 1. The largest absolute Gasteiger partial charge is 0.383 e. The predicted molar refractivity (Wildman–Crippen MR) is 98.8 cm³/mol. The third-order valence-electron chi connectivity index (χ3n) is 5.04. The Hall–Kier alpha value is -2.62. The molecule has 0 aliphatic heterocycles. The first-order valence-corrected chi connectivity index (χ1v) is 8.88. The third kappa shape index (κ3) is 3.16. The first-order valence-electron chi connectivity index (χ1n) is 8.88. The SMILES string of the molecule is Nc1c(-c2cccc(F)c2)nc(C2CCCC2)n1Cc1ccccc1. The molecule has 2 N–H and O–H groups in total. The van der Waals surface area contributed by atoms with E-state index in [9.17, 15) is 4.39 Å². The summed E-state index contributed by atoms with van der Waals surface area (Å²) < 4.78 is 15.8. The Morgan fingerprint density at radius 1 is 1.04 bits per heavy atom. The van der Waals surface area contributed by atoms with E-state index in [-0.39, 0.29) is 5.82 Å². The van der Waals surface area contributed by atoms with Gasteiger partial charge >= 0.3 is 0 Å². The fourth-order valence-electron chi connectivity index (χ4n) is 3.76. The van der Waals surface area contributed by atoms with Gasteiger partial charge in [0, 0.05) is 11.5 Å². The molecule has 1 aromatic heterocycles. The summed E-state index contributed by atoms with van der Waals surface area (Å²) in [5.74, 6) is 1.83. The normalized spacial score (nSPS) is 14.9. The number of imidazole rings is 1. The molecule has 3 aromatic rings. The molecular formula is C21H22FN3. The van der Waals surface area contributed by atoms with Crippen LogP contribution >= 0.6 is 0 Å². The minimum atomic E-state index is -0.267. The van der Waals surface area contributed by atoms with Gasteiger partial charge in [0.1, 0.15) is 23.2 Å². The summed E-state index contributed by atoms with van der Waals surface area (Å²) in [7, 11) is 0. The Balaban J connectivity index is 1.80. The molecule has 0 spiro atoms. The van der Waals surface area contributed by atoms with Crippen LogP contribution in [0.5, 0.6) is 0 Å². The highest BCUT2D eigenvalue weighted by atomic mass is 19.1. The lowest BCUT2D eigenvalue weighted by Gasteiger charge is -2.14. The van der Waals surface area contributed by atoms with Crippen LogP contribution in [0, 0.1) is 5.82 Å². The van der Waals surface area contributed by atoms with Crippen molar-refractivity contribution in [2.45, 2.75) is 38.1 Å². The van der Waals surface area contributed by atoms with Crippen LogP contribution < -0.4 is 5.73 Å². The summed E-state index contributed by atoms with van der Waals surface area (Å²) >= 11 is 0. The number of benzene rings is 2. The number of nitrogens with two attached hydrogens (primary N) is 1. The number of rotatable bonds is 4.